The first kappa shape index (κ1) is 13.2. The van der Waals surface area contributed by atoms with Gasteiger partial charge in [-0.05, 0) is 24.1 Å². The van der Waals surface area contributed by atoms with Gasteiger partial charge in [0.15, 0.2) is 9.84 Å². The molecule has 0 aromatic carbocycles. The lowest BCUT2D eigenvalue weighted by Crippen LogP contribution is -2.30. The van der Waals surface area contributed by atoms with E-state index in [0.29, 0.717) is 6.42 Å². The summed E-state index contributed by atoms with van der Waals surface area (Å²) >= 11 is 5.68. The molecule has 1 aliphatic carbocycles. The number of hydrogen-bond acceptors (Lipinski definition) is 4. The van der Waals surface area contributed by atoms with E-state index in [4.69, 9.17) is 11.6 Å². The Bertz CT molecular complexity index is 454. The van der Waals surface area contributed by atoms with Crippen LogP contribution in [0.25, 0.3) is 0 Å². The molecule has 0 aromatic rings. The van der Waals surface area contributed by atoms with E-state index in [0.717, 1.165) is 6.08 Å². The zero-order valence-corrected chi connectivity index (χ0v) is 10.3. The molecule has 0 amide bonds. The van der Waals surface area contributed by atoms with Gasteiger partial charge in [-0.2, -0.15) is 0 Å². The Labute approximate surface area is 98.9 Å². The molecule has 0 spiro atoms. The number of hydrogen-bond donors (Lipinski definition) is 0. The van der Waals surface area contributed by atoms with Crippen molar-refractivity contribution in [2.75, 3.05) is 5.75 Å². The fourth-order valence-corrected chi connectivity index (χ4v) is 2.87. The largest absolute Gasteiger partial charge is 0.317 e. The van der Waals surface area contributed by atoms with Crippen LogP contribution in [0.15, 0.2) is 23.1 Å². The molecule has 0 heterocycles. The molecule has 0 aliphatic heterocycles. The Morgan fingerprint density at radius 3 is 2.62 bits per heavy atom. The topological polar surface area (TPSA) is 77.3 Å². The summed E-state index contributed by atoms with van der Waals surface area (Å²) in [6, 6.07) is 0. The summed E-state index contributed by atoms with van der Waals surface area (Å²) in [5.74, 6) is 0.0386. The molecule has 90 valence electrons. The van der Waals surface area contributed by atoms with E-state index in [9.17, 15) is 18.5 Å². The lowest BCUT2D eigenvalue weighted by Gasteiger charge is -2.17. The maximum atomic E-state index is 11.6. The number of nitrogens with zero attached hydrogens (tertiary/aromatic N) is 1. The summed E-state index contributed by atoms with van der Waals surface area (Å²) in [6.07, 6.45) is 4.04. The molecular formula is C9H12ClNO4S. The van der Waals surface area contributed by atoms with Gasteiger partial charge in [-0.3, -0.25) is 10.1 Å². The predicted octanol–water partition coefficient (Wildman–Crippen LogP) is 1.87. The molecule has 0 radical (unpaired) electrons. The molecule has 0 fully saturated rings. The van der Waals surface area contributed by atoms with Crippen molar-refractivity contribution < 1.29 is 13.3 Å². The van der Waals surface area contributed by atoms with E-state index in [1.807, 2.05) is 0 Å². The van der Waals surface area contributed by atoms with Gasteiger partial charge in [-0.15, -0.1) is 0 Å². The second kappa shape index (κ2) is 4.55. The Balaban J connectivity index is 2.91. The van der Waals surface area contributed by atoms with Gasteiger partial charge in [0, 0.05) is 11.0 Å². The first-order chi connectivity index (χ1) is 7.32. The Morgan fingerprint density at radius 2 is 2.25 bits per heavy atom. The minimum Gasteiger partial charge on any atom is -0.262 e. The second-order valence-electron chi connectivity index (χ2n) is 3.54. The fourth-order valence-electron chi connectivity index (χ4n) is 1.34. The van der Waals surface area contributed by atoms with E-state index >= 15 is 0 Å². The van der Waals surface area contributed by atoms with Crippen LogP contribution >= 0.6 is 11.6 Å². The molecule has 1 atom stereocenters. The average Bonchev–Trinajstić information content (AvgIpc) is 2.18. The van der Waals surface area contributed by atoms with E-state index < -0.39 is 19.8 Å². The highest BCUT2D eigenvalue weighted by Crippen LogP contribution is 2.30. The Kier molecular flexibility index (Phi) is 3.75. The normalized spacial score (nSPS) is 25.2. The third kappa shape index (κ3) is 2.62. The van der Waals surface area contributed by atoms with Crippen LogP contribution in [0.2, 0.25) is 0 Å². The van der Waals surface area contributed by atoms with Gasteiger partial charge < -0.3 is 0 Å². The van der Waals surface area contributed by atoms with Crippen molar-refractivity contribution in [3.63, 3.8) is 0 Å². The maximum absolute atomic E-state index is 11.6. The molecule has 0 saturated heterocycles. The average molecular weight is 266 g/mol. The third-order valence-electron chi connectivity index (χ3n) is 2.23. The van der Waals surface area contributed by atoms with Gasteiger partial charge in [0.25, 0.3) is 0 Å². The molecule has 1 rings (SSSR count). The number of sulfone groups is 1. The number of rotatable bonds is 4. The van der Waals surface area contributed by atoms with Crippen molar-refractivity contribution >= 4 is 21.4 Å². The zero-order valence-electron chi connectivity index (χ0n) is 8.72. The van der Waals surface area contributed by atoms with Crippen LogP contribution in [0.1, 0.15) is 19.8 Å². The van der Waals surface area contributed by atoms with E-state index in [1.165, 1.54) is 12.2 Å². The van der Waals surface area contributed by atoms with Crippen molar-refractivity contribution in [2.24, 2.45) is 0 Å². The lowest BCUT2D eigenvalue weighted by atomic mass is 10.1. The first-order valence-electron chi connectivity index (χ1n) is 4.77. The van der Waals surface area contributed by atoms with Crippen LogP contribution in [-0.4, -0.2) is 24.1 Å². The quantitative estimate of drug-likeness (QED) is 0.336. The number of allylic oxidation sites excluding steroid dienone is 1. The van der Waals surface area contributed by atoms with Gasteiger partial charge in [-0.1, -0.05) is 13.0 Å². The molecule has 0 saturated carbocycles. The highest BCUT2D eigenvalue weighted by molar-refractivity contribution is 7.95. The summed E-state index contributed by atoms with van der Waals surface area (Å²) in [5.41, 5.74) is 0. The van der Waals surface area contributed by atoms with E-state index in [2.05, 4.69) is 0 Å². The van der Waals surface area contributed by atoms with Crippen molar-refractivity contribution in [1.82, 2.24) is 0 Å². The minimum atomic E-state index is -3.32. The summed E-state index contributed by atoms with van der Waals surface area (Å²) in [6.45, 7) is 1.76. The zero-order chi connectivity index (χ0) is 12.4. The molecule has 16 heavy (non-hydrogen) atoms. The standard InChI is InChI=1S/C9H12ClNO4S/c1-2-7-16(14,15)8-3-5-9(10,6-4-8)11(12)13/h3-5H,2,6-7H2,1H3. The van der Waals surface area contributed by atoms with Crippen molar-refractivity contribution in [2.45, 2.75) is 24.8 Å². The van der Waals surface area contributed by atoms with Crippen LogP contribution in [0, 0.1) is 10.1 Å². The van der Waals surface area contributed by atoms with E-state index in [1.54, 1.807) is 6.92 Å². The second-order valence-corrected chi connectivity index (χ2v) is 6.30. The first-order valence-corrected chi connectivity index (χ1v) is 6.80. The smallest absolute Gasteiger partial charge is 0.262 e. The lowest BCUT2D eigenvalue weighted by molar-refractivity contribution is -0.527. The van der Waals surface area contributed by atoms with Crippen molar-refractivity contribution in [1.29, 1.82) is 0 Å². The predicted molar refractivity (Wildman–Crippen MR) is 61.5 cm³/mol. The summed E-state index contributed by atoms with van der Waals surface area (Å²) in [7, 11) is -3.32. The Morgan fingerprint density at radius 1 is 1.62 bits per heavy atom. The van der Waals surface area contributed by atoms with Gasteiger partial charge in [0.2, 0.25) is 0 Å². The van der Waals surface area contributed by atoms with Gasteiger partial charge in [0.05, 0.1) is 17.1 Å². The van der Waals surface area contributed by atoms with E-state index in [-0.39, 0.29) is 17.1 Å². The van der Waals surface area contributed by atoms with Crippen LogP contribution in [0.4, 0.5) is 0 Å². The molecule has 5 nitrogen and oxygen atoms in total. The van der Waals surface area contributed by atoms with Gasteiger partial charge in [-0.25, -0.2) is 8.42 Å². The number of halogens is 1. The molecule has 0 N–H and O–H groups in total. The maximum Gasteiger partial charge on any atom is 0.317 e. The number of nitro groups is 1. The third-order valence-corrected chi connectivity index (χ3v) is 4.61. The fraction of sp³-hybridized carbons (Fsp3) is 0.556. The summed E-state index contributed by atoms with van der Waals surface area (Å²) in [5, 5.41) is 10.6. The molecule has 0 aromatic heterocycles. The van der Waals surface area contributed by atoms with Crippen LogP contribution < -0.4 is 0 Å². The van der Waals surface area contributed by atoms with Crippen LogP contribution in [0.5, 0.6) is 0 Å². The summed E-state index contributed by atoms with van der Waals surface area (Å²) in [4.78, 5) is 8.38. The molecule has 0 bridgehead atoms. The van der Waals surface area contributed by atoms with Crippen molar-refractivity contribution in [3.05, 3.63) is 33.2 Å². The molecule has 7 heteroatoms. The molecule has 1 aliphatic rings. The SMILES string of the molecule is CCCS(=O)(=O)C1=CCC(Cl)([N+](=O)[O-])C=C1. The molecule has 1 unspecified atom stereocenters. The van der Waals surface area contributed by atoms with Gasteiger partial charge >= 0.3 is 5.00 Å². The number of alkyl halides is 1. The Hall–Kier alpha value is -0.880. The minimum absolute atomic E-state index is 0.0386. The molecular weight excluding hydrogens is 254 g/mol. The monoisotopic (exact) mass is 265 g/mol. The van der Waals surface area contributed by atoms with Crippen molar-refractivity contribution in [3.8, 4) is 0 Å². The summed E-state index contributed by atoms with van der Waals surface area (Å²) < 4.78 is 23.3. The highest BCUT2D eigenvalue weighted by atomic mass is 35.5. The van der Waals surface area contributed by atoms with Crippen LogP contribution in [0.3, 0.4) is 0 Å². The van der Waals surface area contributed by atoms with Crippen LogP contribution in [-0.2, 0) is 9.84 Å². The van der Waals surface area contributed by atoms with Gasteiger partial charge in [0.1, 0.15) is 0 Å². The highest BCUT2D eigenvalue weighted by Gasteiger charge is 2.39.